The van der Waals surface area contributed by atoms with E-state index in [1.165, 1.54) is 16.7 Å². The van der Waals surface area contributed by atoms with E-state index in [1.807, 2.05) is 53.4 Å². The van der Waals surface area contributed by atoms with Gasteiger partial charge < -0.3 is 19.3 Å². The molecule has 7 heteroatoms. The molecule has 2 saturated heterocycles. The van der Waals surface area contributed by atoms with Crippen molar-refractivity contribution < 1.29 is 14.3 Å². The van der Waals surface area contributed by atoms with E-state index in [9.17, 15) is 4.79 Å². The molecule has 3 aliphatic rings. The molecule has 2 bridgehead atoms. The molecule has 0 N–H and O–H groups in total. The van der Waals surface area contributed by atoms with Crippen LogP contribution in [0.2, 0.25) is 0 Å². The second-order valence-corrected chi connectivity index (χ2v) is 11.5. The summed E-state index contributed by atoms with van der Waals surface area (Å²) in [5, 5.41) is 1.11. The van der Waals surface area contributed by atoms with Crippen molar-refractivity contribution in [2.24, 2.45) is 11.8 Å². The van der Waals surface area contributed by atoms with Crippen LogP contribution in [0, 0.1) is 11.8 Å². The molecule has 3 atom stereocenters. The Morgan fingerprint density at radius 3 is 2.39 bits per heavy atom. The summed E-state index contributed by atoms with van der Waals surface area (Å²) in [6.07, 6.45) is 3.21. The first-order valence-electron chi connectivity index (χ1n) is 13.2. The van der Waals surface area contributed by atoms with Gasteiger partial charge in [0.2, 0.25) is 6.29 Å². The van der Waals surface area contributed by atoms with Gasteiger partial charge in [-0.05, 0) is 48.1 Å². The third-order valence-corrected chi connectivity index (χ3v) is 8.77. The topological polar surface area (TPSA) is 54.9 Å². The van der Waals surface area contributed by atoms with Crippen LogP contribution in [0.5, 0.6) is 0 Å². The molecule has 0 aliphatic carbocycles. The van der Waals surface area contributed by atoms with Gasteiger partial charge in [0.25, 0.3) is 5.91 Å². The normalized spacial score (nSPS) is 22.6. The zero-order chi connectivity index (χ0) is 25.5. The molecular weight excluding hydrogens is 494 g/mol. The first-order valence-corrected chi connectivity index (χ1v) is 14.1. The first-order chi connectivity index (χ1) is 18.7. The van der Waals surface area contributed by atoms with Crippen LogP contribution in [0.3, 0.4) is 0 Å². The lowest BCUT2D eigenvalue weighted by Crippen LogP contribution is -2.54. The number of rotatable bonds is 5. The van der Waals surface area contributed by atoms with Gasteiger partial charge in [-0.3, -0.25) is 4.79 Å². The molecule has 0 radical (unpaired) electrons. The summed E-state index contributed by atoms with van der Waals surface area (Å²) in [7, 11) is 0. The quantitative estimate of drug-likeness (QED) is 0.331. The van der Waals surface area contributed by atoms with E-state index in [0.717, 1.165) is 48.0 Å². The van der Waals surface area contributed by atoms with E-state index in [1.54, 1.807) is 17.6 Å². The van der Waals surface area contributed by atoms with Crippen LogP contribution in [-0.2, 0) is 15.9 Å². The van der Waals surface area contributed by atoms with Crippen LogP contribution >= 0.6 is 11.3 Å². The van der Waals surface area contributed by atoms with Crippen molar-refractivity contribution >= 4 is 38.4 Å². The smallest absolute Gasteiger partial charge is 0.253 e. The zero-order valence-corrected chi connectivity index (χ0v) is 21.8. The average molecular weight is 524 g/mol. The fourth-order valence-corrected chi connectivity index (χ4v) is 6.91. The summed E-state index contributed by atoms with van der Waals surface area (Å²) in [4.78, 5) is 22.8. The maximum Gasteiger partial charge on any atom is 0.253 e. The van der Waals surface area contributed by atoms with E-state index in [0.29, 0.717) is 24.0 Å². The fraction of sp³-hybridized carbons (Fsp3) is 0.290. The highest BCUT2D eigenvalue weighted by molar-refractivity contribution is 7.22. The van der Waals surface area contributed by atoms with Crippen molar-refractivity contribution in [3.63, 3.8) is 0 Å². The summed E-state index contributed by atoms with van der Waals surface area (Å²) in [6, 6.07) is 26.2. The van der Waals surface area contributed by atoms with Crippen molar-refractivity contribution in [3.05, 3.63) is 102 Å². The number of hydrogen-bond donors (Lipinski definition) is 0. The third-order valence-electron chi connectivity index (χ3n) is 7.67. The Labute approximate surface area is 226 Å². The molecule has 0 saturated carbocycles. The Morgan fingerprint density at radius 1 is 0.895 bits per heavy atom. The minimum atomic E-state index is -0.330. The van der Waals surface area contributed by atoms with Crippen molar-refractivity contribution in [3.8, 4) is 0 Å². The summed E-state index contributed by atoms with van der Waals surface area (Å²) in [6.45, 7) is 3.49. The van der Waals surface area contributed by atoms with Crippen molar-refractivity contribution in [2.75, 3.05) is 31.1 Å². The van der Waals surface area contributed by atoms with Gasteiger partial charge in [-0.1, -0.05) is 65.9 Å². The lowest BCUT2D eigenvalue weighted by atomic mass is 9.84. The SMILES string of the molecule is O=C(c1ccc(C2=COC(Cc3ccccc3)O2)cc1)N1CC2CC(C1)CN(c1nc3ccccc3s1)C2. The van der Waals surface area contributed by atoms with Gasteiger partial charge in [0.05, 0.1) is 10.2 Å². The second-order valence-electron chi connectivity index (χ2n) is 10.5. The lowest BCUT2D eigenvalue weighted by Gasteiger charge is -2.45. The third kappa shape index (κ3) is 4.63. The van der Waals surface area contributed by atoms with Gasteiger partial charge >= 0.3 is 0 Å². The number of amides is 1. The number of hydrogen-bond acceptors (Lipinski definition) is 6. The van der Waals surface area contributed by atoms with E-state index < -0.39 is 0 Å². The molecule has 7 rings (SSSR count). The standard InChI is InChI=1S/C31H29N3O3S/c35-30(25-12-10-24(11-13-25)27-20-36-29(37-27)15-21-6-2-1-3-7-21)33-16-22-14-23(17-33)19-34(18-22)31-32-26-8-4-5-9-28(26)38-31/h1-13,20,22-23,29H,14-19H2. The molecule has 192 valence electrons. The minimum absolute atomic E-state index is 0.110. The lowest BCUT2D eigenvalue weighted by molar-refractivity contribution is -0.0136. The van der Waals surface area contributed by atoms with E-state index in [2.05, 4.69) is 35.2 Å². The summed E-state index contributed by atoms with van der Waals surface area (Å²) in [5.74, 6) is 1.74. The Morgan fingerprint density at radius 2 is 1.63 bits per heavy atom. The van der Waals surface area contributed by atoms with Crippen LogP contribution in [0.4, 0.5) is 5.13 Å². The Hall–Kier alpha value is -3.84. The zero-order valence-electron chi connectivity index (χ0n) is 21.0. The predicted octanol–water partition coefficient (Wildman–Crippen LogP) is 5.81. The number of benzene rings is 3. The van der Waals surface area contributed by atoms with Crippen LogP contribution < -0.4 is 4.90 Å². The summed E-state index contributed by atoms with van der Waals surface area (Å²) >= 11 is 1.77. The Balaban J connectivity index is 0.975. The number of thiazole rings is 1. The molecule has 1 aromatic heterocycles. The number of likely N-dealkylation sites (tertiary alicyclic amines) is 1. The molecule has 1 amide bonds. The maximum absolute atomic E-state index is 13.4. The van der Waals surface area contributed by atoms with E-state index in [4.69, 9.17) is 14.5 Å². The van der Waals surface area contributed by atoms with Crippen LogP contribution in [0.1, 0.15) is 27.9 Å². The first kappa shape index (κ1) is 23.3. The monoisotopic (exact) mass is 523 g/mol. The van der Waals surface area contributed by atoms with Crippen LogP contribution in [-0.4, -0.2) is 48.3 Å². The van der Waals surface area contributed by atoms with E-state index >= 15 is 0 Å². The van der Waals surface area contributed by atoms with Crippen LogP contribution in [0.15, 0.2) is 85.1 Å². The van der Waals surface area contributed by atoms with Crippen LogP contribution in [0.25, 0.3) is 16.0 Å². The van der Waals surface area contributed by atoms with Crippen molar-refractivity contribution in [1.82, 2.24) is 9.88 Å². The van der Waals surface area contributed by atoms with Gasteiger partial charge in [-0.2, -0.15) is 0 Å². The molecule has 3 aliphatic heterocycles. The predicted molar refractivity (Wildman–Crippen MR) is 150 cm³/mol. The minimum Gasteiger partial charge on any atom is -0.458 e. The largest absolute Gasteiger partial charge is 0.458 e. The summed E-state index contributed by atoms with van der Waals surface area (Å²) in [5.41, 5.74) is 3.87. The van der Waals surface area contributed by atoms with Gasteiger partial charge in [-0.25, -0.2) is 4.98 Å². The number of para-hydroxylation sites is 1. The maximum atomic E-state index is 13.4. The Bertz CT molecular complexity index is 1440. The van der Waals surface area contributed by atoms with Gasteiger partial charge in [0, 0.05) is 43.7 Å². The number of ether oxygens (including phenoxy) is 2. The molecule has 38 heavy (non-hydrogen) atoms. The van der Waals surface area contributed by atoms with E-state index in [-0.39, 0.29) is 12.2 Å². The molecule has 6 nitrogen and oxygen atoms in total. The molecule has 4 heterocycles. The number of anilines is 1. The molecule has 2 fully saturated rings. The van der Waals surface area contributed by atoms with Gasteiger partial charge in [-0.15, -0.1) is 0 Å². The molecule has 3 unspecified atom stereocenters. The highest BCUT2D eigenvalue weighted by atomic mass is 32.1. The van der Waals surface area contributed by atoms with Gasteiger partial charge in [0.1, 0.15) is 6.26 Å². The molecule has 0 spiro atoms. The number of carbonyl (C=O) groups excluding carboxylic acids is 1. The number of carbonyl (C=O) groups is 1. The average Bonchev–Trinajstić information content (AvgIpc) is 3.60. The highest BCUT2D eigenvalue weighted by Crippen LogP contribution is 2.36. The Kier molecular flexibility index (Phi) is 6.01. The number of fused-ring (bicyclic) bond motifs is 3. The van der Waals surface area contributed by atoms with Gasteiger partial charge in [0.15, 0.2) is 10.9 Å². The highest BCUT2D eigenvalue weighted by Gasteiger charge is 2.37. The number of piperidine rings is 2. The second kappa shape index (κ2) is 9.80. The fourth-order valence-electron chi connectivity index (χ4n) is 5.93. The molecule has 4 aromatic rings. The molecular formula is C31H29N3O3S. The number of nitrogens with zero attached hydrogens (tertiary/aromatic N) is 3. The number of aromatic nitrogens is 1. The molecule has 3 aromatic carbocycles. The summed E-state index contributed by atoms with van der Waals surface area (Å²) < 4.78 is 13.0. The van der Waals surface area contributed by atoms with Crippen molar-refractivity contribution in [2.45, 2.75) is 19.1 Å². The van der Waals surface area contributed by atoms with Crippen molar-refractivity contribution in [1.29, 1.82) is 0 Å².